The molecule has 0 atom stereocenters. The average molecular weight is 589 g/mol. The molecule has 0 N–H and O–H groups in total. The summed E-state index contributed by atoms with van der Waals surface area (Å²) in [5, 5.41) is 0. The van der Waals surface area contributed by atoms with Crippen LogP contribution in [0.5, 0.6) is 0 Å². The van der Waals surface area contributed by atoms with Gasteiger partial charge in [0, 0.05) is 39.5 Å². The fourth-order valence-corrected chi connectivity index (χ4v) is 10.7. The molecule has 2 aliphatic heterocycles. The smallest absolute Gasteiger partial charge is 0.252 e. The van der Waals surface area contributed by atoms with Crippen LogP contribution in [0.1, 0.15) is 36.8 Å². The van der Waals surface area contributed by atoms with Gasteiger partial charge in [0.2, 0.25) is 0 Å². The molecule has 2 heterocycles. The molecular formula is C43H33BN2. The SMILES string of the molecule is c1ccc(N2c3ccccc3B3c4ccc5c(c4N(c4ccccc4)c4cccc2c43)C2(c3ccccc3-5)C3CCC2CC3)cc1. The lowest BCUT2D eigenvalue weighted by Crippen LogP contribution is -2.61. The first-order chi connectivity index (χ1) is 22.9. The molecule has 0 aromatic heterocycles. The number of anilines is 6. The summed E-state index contributed by atoms with van der Waals surface area (Å²) in [7, 11) is 0. The first kappa shape index (κ1) is 25.2. The van der Waals surface area contributed by atoms with Crippen molar-refractivity contribution in [3.63, 3.8) is 0 Å². The third kappa shape index (κ3) is 2.95. The quantitative estimate of drug-likeness (QED) is 0.186. The predicted octanol–water partition coefficient (Wildman–Crippen LogP) is 8.86. The largest absolute Gasteiger partial charge is 0.311 e. The van der Waals surface area contributed by atoms with E-state index in [0.29, 0.717) is 11.8 Å². The van der Waals surface area contributed by atoms with E-state index in [1.54, 1.807) is 11.1 Å². The van der Waals surface area contributed by atoms with Gasteiger partial charge >= 0.3 is 0 Å². The maximum atomic E-state index is 2.66. The Morgan fingerprint density at radius 1 is 0.478 bits per heavy atom. The van der Waals surface area contributed by atoms with E-state index < -0.39 is 0 Å². The molecule has 0 unspecified atom stereocenters. The van der Waals surface area contributed by atoms with Crippen LogP contribution in [0.15, 0.2) is 140 Å². The molecule has 1 spiro atoms. The molecule has 0 saturated heterocycles. The standard InChI is InChI=1S/C43H33BN2/c1-3-12-30(13-4-1)45-37-19-10-9-18-35(37)44-36-27-26-33-32-16-7-8-17-34(32)43(28-22-23-29(43)25-24-28)40(33)42(36)46(31-14-5-2-6-15-31)39-21-11-20-38(45)41(39)44/h1-21,26-29H,22-25H2. The van der Waals surface area contributed by atoms with Crippen LogP contribution in [0.4, 0.5) is 34.1 Å². The Hall–Kier alpha value is -5.02. The molecule has 0 radical (unpaired) electrons. The third-order valence-electron chi connectivity index (χ3n) is 12.2. The average Bonchev–Trinajstić information content (AvgIpc) is 3.77. The van der Waals surface area contributed by atoms with Crippen LogP contribution in [0.3, 0.4) is 0 Å². The van der Waals surface area contributed by atoms with Crippen LogP contribution in [-0.2, 0) is 5.41 Å². The molecule has 218 valence electrons. The molecule has 2 nitrogen and oxygen atoms in total. The first-order valence-electron chi connectivity index (χ1n) is 17.0. The Morgan fingerprint density at radius 3 is 1.80 bits per heavy atom. The summed E-state index contributed by atoms with van der Waals surface area (Å²) in [6.45, 7) is 0.155. The molecule has 3 aliphatic carbocycles. The van der Waals surface area contributed by atoms with E-state index in [2.05, 4.69) is 149 Å². The molecule has 3 heteroatoms. The van der Waals surface area contributed by atoms with E-state index in [1.165, 1.54) is 87.3 Å². The summed E-state index contributed by atoms with van der Waals surface area (Å²) in [5.41, 5.74) is 18.2. The van der Waals surface area contributed by atoms with E-state index in [9.17, 15) is 0 Å². The van der Waals surface area contributed by atoms with Gasteiger partial charge in [-0.3, -0.25) is 0 Å². The summed E-state index contributed by atoms with van der Waals surface area (Å²) in [4.78, 5) is 5.15. The van der Waals surface area contributed by atoms with Gasteiger partial charge in [0.1, 0.15) is 0 Å². The molecule has 2 bridgehead atoms. The third-order valence-corrected chi connectivity index (χ3v) is 12.2. The zero-order valence-electron chi connectivity index (χ0n) is 25.7. The van der Waals surface area contributed by atoms with Crippen LogP contribution in [0, 0.1) is 11.8 Å². The fraction of sp³-hybridized carbons (Fsp3) is 0.163. The highest BCUT2D eigenvalue weighted by Crippen LogP contribution is 2.69. The van der Waals surface area contributed by atoms with Crippen LogP contribution in [0.25, 0.3) is 11.1 Å². The Labute approximate surface area is 271 Å². The molecule has 0 amide bonds. The van der Waals surface area contributed by atoms with Crippen molar-refractivity contribution in [2.24, 2.45) is 11.8 Å². The van der Waals surface area contributed by atoms with Crippen LogP contribution < -0.4 is 26.2 Å². The van der Waals surface area contributed by atoms with E-state index in [1.807, 2.05) is 0 Å². The van der Waals surface area contributed by atoms with E-state index in [0.717, 1.165) is 0 Å². The van der Waals surface area contributed by atoms with Gasteiger partial charge in [-0.2, -0.15) is 0 Å². The Morgan fingerprint density at radius 2 is 1.07 bits per heavy atom. The van der Waals surface area contributed by atoms with Crippen molar-refractivity contribution in [2.75, 3.05) is 9.80 Å². The predicted molar refractivity (Wildman–Crippen MR) is 192 cm³/mol. The minimum absolute atomic E-state index is 0.0870. The van der Waals surface area contributed by atoms with E-state index >= 15 is 0 Å². The number of fused-ring (bicyclic) bond motifs is 8. The second-order valence-corrected chi connectivity index (χ2v) is 13.9. The van der Waals surface area contributed by atoms with E-state index in [4.69, 9.17) is 0 Å². The molecule has 46 heavy (non-hydrogen) atoms. The zero-order valence-corrected chi connectivity index (χ0v) is 25.7. The highest BCUT2D eigenvalue weighted by molar-refractivity contribution is 7.00. The number of para-hydroxylation sites is 3. The highest BCUT2D eigenvalue weighted by atomic mass is 15.2. The molecule has 6 aromatic carbocycles. The van der Waals surface area contributed by atoms with Crippen molar-refractivity contribution >= 4 is 57.2 Å². The van der Waals surface area contributed by atoms with Crippen molar-refractivity contribution in [2.45, 2.75) is 31.1 Å². The van der Waals surface area contributed by atoms with Gasteiger partial charge in [0.15, 0.2) is 0 Å². The minimum atomic E-state index is 0.0870. The van der Waals surface area contributed by atoms with Crippen molar-refractivity contribution < 1.29 is 0 Å². The van der Waals surface area contributed by atoms with E-state index in [-0.39, 0.29) is 12.1 Å². The topological polar surface area (TPSA) is 6.48 Å². The second-order valence-electron chi connectivity index (χ2n) is 13.9. The zero-order chi connectivity index (χ0) is 30.0. The second kappa shape index (κ2) is 9.04. The van der Waals surface area contributed by atoms with Crippen molar-refractivity contribution in [1.82, 2.24) is 0 Å². The lowest BCUT2D eigenvalue weighted by Gasteiger charge is -2.46. The van der Waals surface area contributed by atoms with Gasteiger partial charge in [0.05, 0.1) is 0 Å². The number of rotatable bonds is 2. The molecule has 2 fully saturated rings. The van der Waals surface area contributed by atoms with Crippen molar-refractivity contribution in [3.8, 4) is 11.1 Å². The maximum Gasteiger partial charge on any atom is 0.252 e. The number of hydrogen-bond acceptors (Lipinski definition) is 2. The Balaban J connectivity index is 1.28. The normalized spacial score (nSPS) is 22.4. The summed E-state index contributed by atoms with van der Waals surface area (Å²) in [6.07, 6.45) is 5.36. The fourth-order valence-electron chi connectivity index (χ4n) is 10.7. The molecule has 11 rings (SSSR count). The minimum Gasteiger partial charge on any atom is -0.311 e. The summed E-state index contributed by atoms with van der Waals surface area (Å²) >= 11 is 0. The van der Waals surface area contributed by atoms with Gasteiger partial charge < -0.3 is 9.80 Å². The van der Waals surface area contributed by atoms with Gasteiger partial charge in [-0.25, -0.2) is 0 Å². The molecule has 2 saturated carbocycles. The summed E-state index contributed by atoms with van der Waals surface area (Å²) in [5.74, 6) is 1.40. The molecular weight excluding hydrogens is 555 g/mol. The van der Waals surface area contributed by atoms with Crippen molar-refractivity contribution in [1.29, 1.82) is 0 Å². The highest BCUT2D eigenvalue weighted by Gasteiger charge is 2.62. The Kier molecular flexibility index (Phi) is 4.95. The molecule has 6 aromatic rings. The monoisotopic (exact) mass is 588 g/mol. The lowest BCUT2D eigenvalue weighted by molar-refractivity contribution is 0.400. The Bertz CT molecular complexity index is 2190. The van der Waals surface area contributed by atoms with Gasteiger partial charge in [-0.15, -0.1) is 0 Å². The van der Waals surface area contributed by atoms with Gasteiger partial charge in [-0.05, 0) is 119 Å². The lowest BCUT2D eigenvalue weighted by atomic mass is 9.33. The first-order valence-corrected chi connectivity index (χ1v) is 17.0. The van der Waals surface area contributed by atoms with Gasteiger partial charge in [0.25, 0.3) is 6.71 Å². The van der Waals surface area contributed by atoms with Crippen LogP contribution in [-0.4, -0.2) is 6.71 Å². The van der Waals surface area contributed by atoms with Gasteiger partial charge in [-0.1, -0.05) is 97.1 Å². The number of benzene rings is 6. The molecule has 5 aliphatic rings. The van der Waals surface area contributed by atoms with Crippen molar-refractivity contribution in [3.05, 3.63) is 151 Å². The number of nitrogens with zero attached hydrogens (tertiary/aromatic N) is 2. The number of hydrogen-bond donors (Lipinski definition) is 0. The summed E-state index contributed by atoms with van der Waals surface area (Å²) < 4.78 is 0. The van der Waals surface area contributed by atoms with Crippen LogP contribution in [0.2, 0.25) is 0 Å². The maximum absolute atomic E-state index is 2.66. The van der Waals surface area contributed by atoms with Crippen LogP contribution >= 0.6 is 0 Å². The summed E-state index contributed by atoms with van der Waals surface area (Å²) in [6, 6.07) is 52.7.